The molecule has 1 saturated carbocycles. The van der Waals surface area contributed by atoms with Crippen LogP contribution in [0.25, 0.3) is 0 Å². The summed E-state index contributed by atoms with van der Waals surface area (Å²) in [7, 11) is 0. The molecule has 2 fully saturated rings. The summed E-state index contributed by atoms with van der Waals surface area (Å²) >= 11 is 0. The first-order valence-corrected chi connectivity index (χ1v) is 6.30. The Bertz CT molecular complexity index is 203. The molecule has 0 aromatic heterocycles. The lowest BCUT2D eigenvalue weighted by Gasteiger charge is -2.44. The van der Waals surface area contributed by atoms with Crippen molar-refractivity contribution in [2.24, 2.45) is 11.3 Å². The van der Waals surface area contributed by atoms with Crippen molar-refractivity contribution in [3.8, 4) is 0 Å². The summed E-state index contributed by atoms with van der Waals surface area (Å²) in [5.41, 5.74) is 0.806. The van der Waals surface area contributed by atoms with Gasteiger partial charge in [-0.05, 0) is 57.4 Å². The van der Waals surface area contributed by atoms with Gasteiger partial charge in [-0.2, -0.15) is 0 Å². The van der Waals surface area contributed by atoms with E-state index in [-0.39, 0.29) is 0 Å². The zero-order valence-corrected chi connectivity index (χ0v) is 10.2. The van der Waals surface area contributed by atoms with Crippen molar-refractivity contribution in [2.45, 2.75) is 65.5 Å². The van der Waals surface area contributed by atoms with Crippen LogP contribution in [-0.2, 0) is 0 Å². The van der Waals surface area contributed by atoms with Gasteiger partial charge in [-0.25, -0.2) is 0 Å². The first-order valence-electron chi connectivity index (χ1n) is 6.30. The van der Waals surface area contributed by atoms with E-state index in [0.29, 0.717) is 0 Å². The van der Waals surface area contributed by atoms with E-state index in [1.165, 1.54) is 32.2 Å². The van der Waals surface area contributed by atoms with Crippen molar-refractivity contribution in [3.63, 3.8) is 0 Å². The largest absolute Gasteiger partial charge is 0.298 e. The molecule has 1 heterocycles. The van der Waals surface area contributed by atoms with Crippen molar-refractivity contribution >= 4 is 0 Å². The van der Waals surface area contributed by atoms with Crippen LogP contribution < -0.4 is 0 Å². The molecule has 1 heteroatoms. The highest BCUT2D eigenvalue weighted by Crippen LogP contribution is 2.56. The maximum absolute atomic E-state index is 2.73. The van der Waals surface area contributed by atoms with Gasteiger partial charge in [-0.3, -0.25) is 4.90 Å². The van der Waals surface area contributed by atoms with E-state index in [2.05, 4.69) is 32.6 Å². The molecule has 1 nitrogen and oxygen atoms in total. The van der Waals surface area contributed by atoms with Crippen molar-refractivity contribution in [1.82, 2.24) is 4.90 Å². The van der Waals surface area contributed by atoms with Gasteiger partial charge in [0.05, 0.1) is 0 Å². The second-order valence-electron chi connectivity index (χ2n) is 6.10. The van der Waals surface area contributed by atoms with E-state index >= 15 is 0 Å². The Morgan fingerprint density at radius 2 is 1.71 bits per heavy atom. The van der Waals surface area contributed by atoms with Gasteiger partial charge in [0, 0.05) is 12.1 Å². The van der Waals surface area contributed by atoms with Crippen LogP contribution >= 0.6 is 0 Å². The minimum atomic E-state index is 0.735. The summed E-state index contributed by atoms with van der Waals surface area (Å²) in [5.74, 6) is 0.829. The standard InChI is InChI=1S/C13H25N/c1-10(2)12-9-13(5-6-13)7-8-14(12)11(3)4/h10-12H,5-9H2,1-4H3. The fraction of sp³-hybridized carbons (Fsp3) is 1.00. The average molecular weight is 195 g/mol. The molecule has 1 spiro atoms. The SMILES string of the molecule is CC(C)C1CC2(CCN1C(C)C)CC2. The fourth-order valence-corrected chi connectivity index (χ4v) is 3.09. The number of piperidine rings is 1. The topological polar surface area (TPSA) is 3.24 Å². The van der Waals surface area contributed by atoms with Gasteiger partial charge in [-0.15, -0.1) is 0 Å². The normalized spacial score (nSPS) is 31.7. The fourth-order valence-electron chi connectivity index (χ4n) is 3.09. The number of hydrogen-bond acceptors (Lipinski definition) is 1. The lowest BCUT2D eigenvalue weighted by atomic mass is 9.82. The summed E-state index contributed by atoms with van der Waals surface area (Å²) in [6, 6.07) is 1.59. The Morgan fingerprint density at radius 3 is 2.14 bits per heavy atom. The molecule has 0 amide bonds. The van der Waals surface area contributed by atoms with Crippen molar-refractivity contribution in [2.75, 3.05) is 6.54 Å². The maximum Gasteiger partial charge on any atom is 0.0126 e. The van der Waals surface area contributed by atoms with Crippen LogP contribution in [0.3, 0.4) is 0 Å². The van der Waals surface area contributed by atoms with Gasteiger partial charge >= 0.3 is 0 Å². The molecule has 0 aromatic rings. The molecular formula is C13H25N. The highest BCUT2D eigenvalue weighted by atomic mass is 15.2. The molecule has 0 bridgehead atoms. The molecule has 82 valence electrons. The van der Waals surface area contributed by atoms with Crippen LogP contribution in [0.4, 0.5) is 0 Å². The van der Waals surface area contributed by atoms with Crippen LogP contribution in [0, 0.1) is 11.3 Å². The number of likely N-dealkylation sites (tertiary alicyclic amines) is 1. The van der Waals surface area contributed by atoms with Crippen molar-refractivity contribution < 1.29 is 0 Å². The number of hydrogen-bond donors (Lipinski definition) is 0. The summed E-state index contributed by atoms with van der Waals surface area (Å²) in [6.07, 6.45) is 5.97. The zero-order chi connectivity index (χ0) is 10.3. The Balaban J connectivity index is 2.04. The smallest absolute Gasteiger partial charge is 0.0126 e. The lowest BCUT2D eigenvalue weighted by Crippen LogP contribution is -2.49. The summed E-state index contributed by atoms with van der Waals surface area (Å²) < 4.78 is 0. The second kappa shape index (κ2) is 3.52. The van der Waals surface area contributed by atoms with Gasteiger partial charge in [0.1, 0.15) is 0 Å². The van der Waals surface area contributed by atoms with Crippen LogP contribution in [0.1, 0.15) is 53.4 Å². The molecule has 1 unspecified atom stereocenters. The third kappa shape index (κ3) is 1.84. The van der Waals surface area contributed by atoms with Gasteiger partial charge in [0.2, 0.25) is 0 Å². The van der Waals surface area contributed by atoms with E-state index in [9.17, 15) is 0 Å². The minimum absolute atomic E-state index is 0.735. The molecule has 0 aromatic carbocycles. The highest BCUT2D eigenvalue weighted by molar-refractivity contribution is 5.01. The molecule has 1 aliphatic heterocycles. The van der Waals surface area contributed by atoms with Crippen LogP contribution in [0.5, 0.6) is 0 Å². The molecule has 0 radical (unpaired) electrons. The summed E-state index contributed by atoms with van der Waals surface area (Å²) in [6.45, 7) is 10.8. The Morgan fingerprint density at radius 1 is 1.07 bits per heavy atom. The van der Waals surface area contributed by atoms with E-state index in [0.717, 1.165) is 23.4 Å². The summed E-state index contributed by atoms with van der Waals surface area (Å²) in [4.78, 5) is 2.73. The predicted molar refractivity (Wildman–Crippen MR) is 61.4 cm³/mol. The lowest BCUT2D eigenvalue weighted by molar-refractivity contribution is 0.0459. The Kier molecular flexibility index (Phi) is 2.63. The maximum atomic E-state index is 2.73. The van der Waals surface area contributed by atoms with Crippen LogP contribution in [0.2, 0.25) is 0 Å². The molecule has 2 aliphatic rings. The minimum Gasteiger partial charge on any atom is -0.298 e. The van der Waals surface area contributed by atoms with E-state index in [1.54, 1.807) is 0 Å². The van der Waals surface area contributed by atoms with Crippen molar-refractivity contribution in [1.29, 1.82) is 0 Å². The van der Waals surface area contributed by atoms with Gasteiger partial charge in [-0.1, -0.05) is 13.8 Å². The zero-order valence-electron chi connectivity index (χ0n) is 10.2. The Labute approximate surface area is 88.9 Å². The molecular weight excluding hydrogens is 170 g/mol. The Hall–Kier alpha value is -0.0400. The second-order valence-corrected chi connectivity index (χ2v) is 6.10. The first-order chi connectivity index (χ1) is 6.54. The number of nitrogens with zero attached hydrogens (tertiary/aromatic N) is 1. The summed E-state index contributed by atoms with van der Waals surface area (Å²) in [5, 5.41) is 0. The molecule has 1 aliphatic carbocycles. The monoisotopic (exact) mass is 195 g/mol. The number of rotatable bonds is 2. The van der Waals surface area contributed by atoms with Gasteiger partial charge in [0.25, 0.3) is 0 Å². The molecule has 0 N–H and O–H groups in total. The van der Waals surface area contributed by atoms with E-state index in [1.807, 2.05) is 0 Å². The highest BCUT2D eigenvalue weighted by Gasteiger charge is 2.48. The molecule has 14 heavy (non-hydrogen) atoms. The van der Waals surface area contributed by atoms with Crippen molar-refractivity contribution in [3.05, 3.63) is 0 Å². The first kappa shape index (κ1) is 10.5. The van der Waals surface area contributed by atoms with Crippen LogP contribution in [-0.4, -0.2) is 23.5 Å². The quantitative estimate of drug-likeness (QED) is 0.653. The average Bonchev–Trinajstić information content (AvgIpc) is 2.84. The molecule has 1 atom stereocenters. The van der Waals surface area contributed by atoms with Gasteiger partial charge in [0.15, 0.2) is 0 Å². The predicted octanol–water partition coefficient (Wildman–Crippen LogP) is 3.30. The third-order valence-corrected chi connectivity index (χ3v) is 4.36. The van der Waals surface area contributed by atoms with Gasteiger partial charge < -0.3 is 0 Å². The van der Waals surface area contributed by atoms with E-state index in [4.69, 9.17) is 0 Å². The van der Waals surface area contributed by atoms with Crippen LogP contribution in [0.15, 0.2) is 0 Å². The van der Waals surface area contributed by atoms with E-state index < -0.39 is 0 Å². The third-order valence-electron chi connectivity index (χ3n) is 4.36. The molecule has 2 rings (SSSR count). The molecule has 1 saturated heterocycles.